The Balaban J connectivity index is 3.85. The summed E-state index contributed by atoms with van der Waals surface area (Å²) in [5, 5.41) is 2.80. The molecule has 0 aliphatic carbocycles. The Morgan fingerprint density at radius 1 is 1.44 bits per heavy atom. The van der Waals surface area contributed by atoms with E-state index in [0.29, 0.717) is 25.7 Å². The molecule has 0 fully saturated rings. The maximum absolute atomic E-state index is 11.1. The zero-order chi connectivity index (χ0) is 13.9. The lowest BCUT2D eigenvalue weighted by Gasteiger charge is -2.09. The Hall–Kier alpha value is -0.900. The minimum atomic E-state index is -3.21. The van der Waals surface area contributed by atoms with E-state index in [4.69, 9.17) is 10.6 Å². The number of hydrogen-bond donors (Lipinski definition) is 4. The number of rotatable bonds is 9. The molecule has 9 heteroatoms. The fraction of sp³-hybridized carbons (Fsp3) is 0.889. The molecule has 0 saturated heterocycles. The average molecular weight is 281 g/mol. The van der Waals surface area contributed by atoms with Crippen molar-refractivity contribution in [2.75, 3.05) is 39.1 Å². The number of nitrogens with zero attached hydrogens (tertiary/aromatic N) is 1. The van der Waals surface area contributed by atoms with E-state index in [1.54, 1.807) is 0 Å². The van der Waals surface area contributed by atoms with Crippen molar-refractivity contribution in [3.05, 3.63) is 0 Å². The standard InChI is InChI=1S/C9H23N5O3S/c1-3-17-7-4-5-12-9(14-10)13-6-8-18(15,16)11-2/h11H,3-8,10H2,1-2H3,(H2,12,13,14). The molecule has 0 aromatic carbocycles. The smallest absolute Gasteiger partial charge is 0.213 e. The van der Waals surface area contributed by atoms with Crippen LogP contribution >= 0.6 is 0 Å². The first kappa shape index (κ1) is 17.1. The first-order valence-electron chi connectivity index (χ1n) is 5.79. The molecule has 0 aromatic heterocycles. The van der Waals surface area contributed by atoms with Crippen molar-refractivity contribution in [1.82, 2.24) is 15.5 Å². The second-order valence-electron chi connectivity index (χ2n) is 3.37. The van der Waals surface area contributed by atoms with Gasteiger partial charge >= 0.3 is 0 Å². The molecular weight excluding hydrogens is 258 g/mol. The van der Waals surface area contributed by atoms with E-state index in [1.165, 1.54) is 7.05 Å². The van der Waals surface area contributed by atoms with Crippen LogP contribution in [0.15, 0.2) is 4.99 Å². The van der Waals surface area contributed by atoms with Gasteiger partial charge in [0.15, 0.2) is 0 Å². The third-order valence-electron chi connectivity index (χ3n) is 2.03. The number of aliphatic imine (C=N–C) groups is 1. The number of nitrogens with one attached hydrogen (secondary N) is 3. The molecule has 0 aliphatic heterocycles. The van der Waals surface area contributed by atoms with Crippen molar-refractivity contribution < 1.29 is 13.2 Å². The highest BCUT2D eigenvalue weighted by molar-refractivity contribution is 7.89. The monoisotopic (exact) mass is 281 g/mol. The van der Waals surface area contributed by atoms with E-state index >= 15 is 0 Å². The van der Waals surface area contributed by atoms with Gasteiger partial charge in [0, 0.05) is 26.3 Å². The molecular formula is C9H23N5O3S. The predicted octanol–water partition coefficient (Wildman–Crippen LogP) is -1.63. The summed E-state index contributed by atoms with van der Waals surface area (Å²) < 4.78 is 29.7. The van der Waals surface area contributed by atoms with E-state index < -0.39 is 10.0 Å². The zero-order valence-corrected chi connectivity index (χ0v) is 11.7. The van der Waals surface area contributed by atoms with Gasteiger partial charge in [0.1, 0.15) is 0 Å². The molecule has 0 amide bonds. The van der Waals surface area contributed by atoms with Gasteiger partial charge in [-0.15, -0.1) is 0 Å². The minimum Gasteiger partial charge on any atom is -0.382 e. The molecule has 18 heavy (non-hydrogen) atoms. The van der Waals surface area contributed by atoms with Gasteiger partial charge in [-0.05, 0) is 20.4 Å². The fourth-order valence-corrected chi connectivity index (χ4v) is 1.64. The molecule has 0 aliphatic rings. The van der Waals surface area contributed by atoms with Gasteiger partial charge in [-0.25, -0.2) is 19.0 Å². The van der Waals surface area contributed by atoms with Crippen LogP contribution in [0, 0.1) is 0 Å². The summed E-state index contributed by atoms with van der Waals surface area (Å²) in [7, 11) is -1.84. The third kappa shape index (κ3) is 9.16. The van der Waals surface area contributed by atoms with Gasteiger partial charge in [-0.3, -0.25) is 10.4 Å². The number of hydrogen-bond acceptors (Lipinski definition) is 5. The van der Waals surface area contributed by atoms with Crippen molar-refractivity contribution in [3.8, 4) is 0 Å². The van der Waals surface area contributed by atoms with E-state index in [9.17, 15) is 8.42 Å². The summed E-state index contributed by atoms with van der Waals surface area (Å²) in [6.07, 6.45) is 0.787. The molecule has 5 N–H and O–H groups in total. The van der Waals surface area contributed by atoms with Crippen LogP contribution in [0.5, 0.6) is 0 Å². The van der Waals surface area contributed by atoms with Crippen LogP contribution in [0.4, 0.5) is 0 Å². The van der Waals surface area contributed by atoms with Gasteiger partial charge in [-0.2, -0.15) is 0 Å². The van der Waals surface area contributed by atoms with Gasteiger partial charge in [0.2, 0.25) is 16.0 Å². The van der Waals surface area contributed by atoms with Crippen molar-refractivity contribution in [1.29, 1.82) is 0 Å². The lowest BCUT2D eigenvalue weighted by atomic mass is 10.4. The van der Waals surface area contributed by atoms with Crippen molar-refractivity contribution in [3.63, 3.8) is 0 Å². The summed E-state index contributed by atoms with van der Waals surface area (Å²) in [5.74, 6) is 5.59. The summed E-state index contributed by atoms with van der Waals surface area (Å²) >= 11 is 0. The van der Waals surface area contributed by atoms with Crippen LogP contribution in [-0.4, -0.2) is 53.5 Å². The molecule has 0 spiro atoms. The third-order valence-corrected chi connectivity index (χ3v) is 3.40. The Bertz CT molecular complexity index is 331. The molecule has 0 radical (unpaired) electrons. The van der Waals surface area contributed by atoms with E-state index in [-0.39, 0.29) is 12.3 Å². The highest BCUT2D eigenvalue weighted by Gasteiger charge is 2.06. The first-order chi connectivity index (χ1) is 8.55. The van der Waals surface area contributed by atoms with Crippen LogP contribution < -0.4 is 21.3 Å². The summed E-state index contributed by atoms with van der Waals surface area (Å²) in [6.45, 7) is 4.06. The molecule has 108 valence electrons. The number of sulfonamides is 1. The van der Waals surface area contributed by atoms with Crippen molar-refractivity contribution in [2.45, 2.75) is 13.3 Å². The zero-order valence-electron chi connectivity index (χ0n) is 10.9. The van der Waals surface area contributed by atoms with Crippen LogP contribution in [0.1, 0.15) is 13.3 Å². The van der Waals surface area contributed by atoms with Crippen LogP contribution in [0.3, 0.4) is 0 Å². The SMILES string of the molecule is CCOCCCN=C(NN)NCCS(=O)(=O)NC. The predicted molar refractivity (Wildman–Crippen MR) is 71.6 cm³/mol. The first-order valence-corrected chi connectivity index (χ1v) is 7.44. The minimum absolute atomic E-state index is 0.0385. The molecule has 0 atom stereocenters. The van der Waals surface area contributed by atoms with Gasteiger partial charge in [-0.1, -0.05) is 0 Å². The average Bonchev–Trinajstić information content (AvgIpc) is 2.36. The number of hydrazine groups is 1. The van der Waals surface area contributed by atoms with Crippen molar-refractivity contribution in [2.24, 2.45) is 10.8 Å². The van der Waals surface area contributed by atoms with Gasteiger partial charge < -0.3 is 10.1 Å². The number of guanidine groups is 1. The van der Waals surface area contributed by atoms with E-state index in [2.05, 4.69) is 20.5 Å². The quantitative estimate of drug-likeness (QED) is 0.132. The van der Waals surface area contributed by atoms with Crippen LogP contribution in [0.2, 0.25) is 0 Å². The number of ether oxygens (including phenoxy) is 1. The van der Waals surface area contributed by atoms with E-state index in [1.807, 2.05) is 6.92 Å². The molecule has 8 nitrogen and oxygen atoms in total. The van der Waals surface area contributed by atoms with Crippen LogP contribution in [-0.2, 0) is 14.8 Å². The highest BCUT2D eigenvalue weighted by Crippen LogP contribution is 1.84. The second-order valence-corrected chi connectivity index (χ2v) is 5.42. The topological polar surface area (TPSA) is 118 Å². The van der Waals surface area contributed by atoms with Crippen LogP contribution in [0.25, 0.3) is 0 Å². The molecule has 0 aromatic rings. The van der Waals surface area contributed by atoms with Gasteiger partial charge in [0.05, 0.1) is 5.75 Å². The second kappa shape index (κ2) is 10.1. The lowest BCUT2D eigenvalue weighted by molar-refractivity contribution is 0.146. The normalized spacial score (nSPS) is 12.5. The van der Waals surface area contributed by atoms with Crippen molar-refractivity contribution >= 4 is 16.0 Å². The lowest BCUT2D eigenvalue weighted by Crippen LogP contribution is -2.44. The highest BCUT2D eigenvalue weighted by atomic mass is 32.2. The maximum Gasteiger partial charge on any atom is 0.213 e. The number of nitrogens with two attached hydrogens (primary N) is 1. The Morgan fingerprint density at radius 3 is 2.72 bits per heavy atom. The largest absolute Gasteiger partial charge is 0.382 e. The molecule has 0 bridgehead atoms. The Labute approximate surface area is 108 Å². The Kier molecular flexibility index (Phi) is 9.56. The summed E-state index contributed by atoms with van der Waals surface area (Å²) in [4.78, 5) is 4.13. The summed E-state index contributed by atoms with van der Waals surface area (Å²) in [6, 6.07) is 0. The molecule has 0 saturated carbocycles. The fourth-order valence-electron chi connectivity index (χ4n) is 1.06. The maximum atomic E-state index is 11.1. The molecule has 0 heterocycles. The van der Waals surface area contributed by atoms with Gasteiger partial charge in [0.25, 0.3) is 0 Å². The molecule has 0 unspecified atom stereocenters. The van der Waals surface area contributed by atoms with E-state index in [0.717, 1.165) is 6.42 Å². The molecule has 0 rings (SSSR count). The summed E-state index contributed by atoms with van der Waals surface area (Å²) in [5.41, 5.74) is 2.38. The Morgan fingerprint density at radius 2 is 2.17 bits per heavy atom.